The summed E-state index contributed by atoms with van der Waals surface area (Å²) in [5.74, 6) is 0. The van der Waals surface area contributed by atoms with Gasteiger partial charge in [-0.25, -0.2) is 0 Å². The van der Waals surface area contributed by atoms with Crippen molar-refractivity contribution in [3.63, 3.8) is 0 Å². The summed E-state index contributed by atoms with van der Waals surface area (Å²) in [6.07, 6.45) is 1.93. The number of rotatable bonds is 3. The predicted octanol–water partition coefficient (Wildman–Crippen LogP) is 11.8. The van der Waals surface area contributed by atoms with Crippen LogP contribution in [-0.2, 0) is 5.41 Å². The molecule has 0 unspecified atom stereocenters. The minimum absolute atomic E-state index is 0.0539. The number of pyridine rings is 1. The van der Waals surface area contributed by atoms with Crippen LogP contribution in [0.15, 0.2) is 152 Å². The second-order valence-electron chi connectivity index (χ2n) is 12.7. The lowest BCUT2D eigenvalue weighted by Crippen LogP contribution is -2.14. The third-order valence-electron chi connectivity index (χ3n) is 9.91. The summed E-state index contributed by atoms with van der Waals surface area (Å²) in [4.78, 5) is 5.07. The second kappa shape index (κ2) is 9.74. The molecule has 0 aliphatic heterocycles. The van der Waals surface area contributed by atoms with Crippen LogP contribution >= 0.6 is 0 Å². The fourth-order valence-corrected chi connectivity index (χ4v) is 7.75. The zero-order valence-corrected chi connectivity index (χ0v) is 25.4. The minimum Gasteiger partial charge on any atom is -0.256 e. The SMILES string of the molecule is CC1(C)c2ccccc2-c2ccc(-c3ccccc3-c3c4ccccc4c(-c4ccc5ccccc5c4)c4ncccc34)cc21. The third kappa shape index (κ3) is 3.84. The Morgan fingerprint density at radius 2 is 1.04 bits per heavy atom. The van der Waals surface area contributed by atoms with Gasteiger partial charge in [0.05, 0.1) is 5.52 Å². The van der Waals surface area contributed by atoms with Gasteiger partial charge in [0.25, 0.3) is 0 Å². The lowest BCUT2D eigenvalue weighted by molar-refractivity contribution is 0.660. The Balaban J connectivity index is 1.31. The molecule has 1 nitrogen and oxygen atoms in total. The Kier molecular flexibility index (Phi) is 5.61. The molecule has 0 radical (unpaired) electrons. The minimum atomic E-state index is -0.0539. The standard InChI is InChI=1S/C44H31N/c1-44(2)39-20-10-9-15-33(39)34-24-23-30(27-40(34)44)32-14-5-6-16-35(32)42-37-18-8-7-17-36(37)41(43-38(42)19-11-25-45-43)31-22-21-28-12-3-4-13-29(28)26-31/h3-27H,1-2H3. The lowest BCUT2D eigenvalue weighted by atomic mass is 9.80. The molecule has 8 aromatic rings. The van der Waals surface area contributed by atoms with E-state index >= 15 is 0 Å². The Morgan fingerprint density at radius 3 is 1.89 bits per heavy atom. The zero-order valence-electron chi connectivity index (χ0n) is 25.4. The Hall–Kier alpha value is -5.53. The van der Waals surface area contributed by atoms with Crippen LogP contribution in [0.4, 0.5) is 0 Å². The molecule has 0 saturated carbocycles. The maximum Gasteiger partial charge on any atom is 0.0792 e. The first-order valence-electron chi connectivity index (χ1n) is 15.7. The highest BCUT2D eigenvalue weighted by atomic mass is 14.7. The van der Waals surface area contributed by atoms with Gasteiger partial charge >= 0.3 is 0 Å². The monoisotopic (exact) mass is 573 g/mol. The molecule has 9 rings (SSSR count). The Labute approximate surface area is 263 Å². The first-order valence-corrected chi connectivity index (χ1v) is 15.7. The van der Waals surface area contributed by atoms with Crippen molar-refractivity contribution in [3.05, 3.63) is 163 Å². The van der Waals surface area contributed by atoms with Crippen LogP contribution in [0.5, 0.6) is 0 Å². The van der Waals surface area contributed by atoms with Gasteiger partial charge in [-0.2, -0.15) is 0 Å². The molecule has 0 atom stereocenters. The predicted molar refractivity (Wildman–Crippen MR) is 191 cm³/mol. The average Bonchev–Trinajstić information content (AvgIpc) is 3.32. The highest BCUT2D eigenvalue weighted by molar-refractivity contribution is 6.21. The first kappa shape index (κ1) is 25.9. The van der Waals surface area contributed by atoms with Crippen molar-refractivity contribution >= 4 is 32.4 Å². The molecule has 212 valence electrons. The van der Waals surface area contributed by atoms with Crippen molar-refractivity contribution in [1.82, 2.24) is 4.98 Å². The van der Waals surface area contributed by atoms with Crippen LogP contribution < -0.4 is 0 Å². The molecule has 1 heterocycles. The molecule has 1 heteroatoms. The van der Waals surface area contributed by atoms with Crippen molar-refractivity contribution in [2.75, 3.05) is 0 Å². The van der Waals surface area contributed by atoms with Gasteiger partial charge in [0, 0.05) is 22.6 Å². The Morgan fingerprint density at radius 1 is 0.422 bits per heavy atom. The highest BCUT2D eigenvalue weighted by Gasteiger charge is 2.35. The number of aromatic nitrogens is 1. The maximum absolute atomic E-state index is 5.07. The molecule has 0 amide bonds. The van der Waals surface area contributed by atoms with E-state index in [1.54, 1.807) is 0 Å². The normalized spacial score (nSPS) is 13.3. The van der Waals surface area contributed by atoms with E-state index in [1.165, 1.54) is 82.6 Å². The Bertz CT molecular complexity index is 2410. The molecule has 7 aromatic carbocycles. The maximum atomic E-state index is 5.07. The fourth-order valence-electron chi connectivity index (χ4n) is 7.75. The smallest absolute Gasteiger partial charge is 0.0792 e. The largest absolute Gasteiger partial charge is 0.256 e. The van der Waals surface area contributed by atoms with E-state index in [2.05, 4.69) is 159 Å². The van der Waals surface area contributed by atoms with Crippen molar-refractivity contribution in [3.8, 4) is 44.5 Å². The van der Waals surface area contributed by atoms with Crippen molar-refractivity contribution in [2.45, 2.75) is 19.3 Å². The number of fused-ring (bicyclic) bond motifs is 6. The van der Waals surface area contributed by atoms with Crippen LogP contribution in [0.25, 0.3) is 77.0 Å². The van der Waals surface area contributed by atoms with Gasteiger partial charge < -0.3 is 0 Å². The number of hydrogen-bond acceptors (Lipinski definition) is 1. The van der Waals surface area contributed by atoms with Gasteiger partial charge in [0.2, 0.25) is 0 Å². The highest BCUT2D eigenvalue weighted by Crippen LogP contribution is 2.51. The molecule has 0 saturated heterocycles. The van der Waals surface area contributed by atoms with E-state index in [4.69, 9.17) is 4.98 Å². The molecule has 0 N–H and O–H groups in total. The van der Waals surface area contributed by atoms with Crippen LogP contribution in [-0.4, -0.2) is 4.98 Å². The molecular formula is C44H31N. The average molecular weight is 574 g/mol. The van der Waals surface area contributed by atoms with E-state index in [0.717, 1.165) is 5.52 Å². The number of hydrogen-bond donors (Lipinski definition) is 0. The quantitative estimate of drug-likeness (QED) is 0.192. The summed E-state index contributed by atoms with van der Waals surface area (Å²) in [6, 6.07) is 53.3. The topological polar surface area (TPSA) is 12.9 Å². The van der Waals surface area contributed by atoms with Crippen LogP contribution in [0.2, 0.25) is 0 Å². The van der Waals surface area contributed by atoms with E-state index < -0.39 is 0 Å². The van der Waals surface area contributed by atoms with Crippen molar-refractivity contribution in [1.29, 1.82) is 0 Å². The zero-order chi connectivity index (χ0) is 30.1. The van der Waals surface area contributed by atoms with Gasteiger partial charge in [-0.3, -0.25) is 4.98 Å². The van der Waals surface area contributed by atoms with E-state index in [1.807, 2.05) is 6.20 Å². The van der Waals surface area contributed by atoms with Crippen LogP contribution in [0.1, 0.15) is 25.0 Å². The summed E-state index contributed by atoms with van der Waals surface area (Å²) in [5, 5.41) is 6.10. The molecule has 0 spiro atoms. The molecule has 45 heavy (non-hydrogen) atoms. The summed E-state index contributed by atoms with van der Waals surface area (Å²) in [5.41, 5.74) is 13.8. The van der Waals surface area contributed by atoms with E-state index in [9.17, 15) is 0 Å². The molecule has 0 bridgehead atoms. The number of nitrogens with zero attached hydrogens (tertiary/aromatic N) is 1. The molecular weight excluding hydrogens is 542 g/mol. The molecule has 1 aliphatic rings. The molecule has 1 aromatic heterocycles. The lowest BCUT2D eigenvalue weighted by Gasteiger charge is -2.23. The van der Waals surface area contributed by atoms with E-state index in [-0.39, 0.29) is 5.41 Å². The molecule has 0 fully saturated rings. The van der Waals surface area contributed by atoms with E-state index in [0.29, 0.717) is 0 Å². The van der Waals surface area contributed by atoms with Gasteiger partial charge in [-0.1, -0.05) is 141 Å². The first-order chi connectivity index (χ1) is 22.1. The van der Waals surface area contributed by atoms with Crippen LogP contribution in [0, 0.1) is 0 Å². The summed E-state index contributed by atoms with van der Waals surface area (Å²) >= 11 is 0. The number of benzene rings is 7. The van der Waals surface area contributed by atoms with Gasteiger partial charge in [0.1, 0.15) is 0 Å². The summed E-state index contributed by atoms with van der Waals surface area (Å²) in [6.45, 7) is 4.71. The summed E-state index contributed by atoms with van der Waals surface area (Å²) < 4.78 is 0. The third-order valence-corrected chi connectivity index (χ3v) is 9.91. The second-order valence-corrected chi connectivity index (χ2v) is 12.7. The van der Waals surface area contributed by atoms with Crippen molar-refractivity contribution < 1.29 is 0 Å². The molecule has 1 aliphatic carbocycles. The fraction of sp³-hybridized carbons (Fsp3) is 0.0682. The van der Waals surface area contributed by atoms with Gasteiger partial charge in [-0.05, 0) is 89.8 Å². The van der Waals surface area contributed by atoms with Gasteiger partial charge in [0.15, 0.2) is 0 Å². The van der Waals surface area contributed by atoms with Crippen LogP contribution in [0.3, 0.4) is 0 Å². The van der Waals surface area contributed by atoms with Crippen molar-refractivity contribution in [2.24, 2.45) is 0 Å². The van der Waals surface area contributed by atoms with Gasteiger partial charge in [-0.15, -0.1) is 0 Å². The summed E-state index contributed by atoms with van der Waals surface area (Å²) in [7, 11) is 0.